The molecule has 0 heterocycles. The van der Waals surface area contributed by atoms with Crippen LogP contribution >= 0.6 is 11.6 Å². The maximum atomic E-state index is 12.6. The molecule has 4 nitrogen and oxygen atoms in total. The fraction of sp³-hybridized carbons (Fsp3) is 0.143. The molecular formula is C21H18ClNO3. The molecule has 0 bridgehead atoms. The molecule has 0 spiro atoms. The molecule has 3 aromatic rings. The monoisotopic (exact) mass is 367 g/mol. The number of carbonyl (C=O) groups is 2. The Labute approximate surface area is 156 Å². The molecule has 0 radical (unpaired) electrons. The van der Waals surface area contributed by atoms with Crippen LogP contribution in [-0.4, -0.2) is 19.0 Å². The van der Waals surface area contributed by atoms with E-state index >= 15 is 0 Å². The Kier molecular flexibility index (Phi) is 5.24. The van der Waals surface area contributed by atoms with E-state index in [1.165, 1.54) is 19.2 Å². The van der Waals surface area contributed by atoms with E-state index in [-0.39, 0.29) is 22.5 Å². The molecule has 1 amide bonds. The van der Waals surface area contributed by atoms with Crippen molar-refractivity contribution in [3.05, 3.63) is 82.4 Å². The van der Waals surface area contributed by atoms with E-state index in [0.717, 1.165) is 16.3 Å². The molecule has 1 N–H and O–H groups in total. The zero-order valence-electron chi connectivity index (χ0n) is 14.5. The van der Waals surface area contributed by atoms with Crippen molar-refractivity contribution in [1.82, 2.24) is 5.32 Å². The number of methoxy groups -OCH3 is 1. The van der Waals surface area contributed by atoms with Crippen LogP contribution in [0.25, 0.3) is 10.8 Å². The van der Waals surface area contributed by atoms with Crippen molar-refractivity contribution in [2.75, 3.05) is 7.11 Å². The number of amides is 1. The Balaban J connectivity index is 1.83. The third kappa shape index (κ3) is 3.55. The average molecular weight is 368 g/mol. The van der Waals surface area contributed by atoms with E-state index in [4.69, 9.17) is 11.6 Å². The Morgan fingerprint density at radius 2 is 1.77 bits per heavy atom. The molecule has 0 saturated heterocycles. The normalized spacial score (nSPS) is 11.8. The minimum absolute atomic E-state index is 0.183. The van der Waals surface area contributed by atoms with Crippen LogP contribution in [0, 0.1) is 0 Å². The second kappa shape index (κ2) is 7.58. The molecule has 3 rings (SSSR count). The molecule has 0 aliphatic carbocycles. The van der Waals surface area contributed by atoms with Crippen molar-refractivity contribution in [3.63, 3.8) is 0 Å². The highest BCUT2D eigenvalue weighted by Crippen LogP contribution is 2.25. The van der Waals surface area contributed by atoms with Crippen molar-refractivity contribution >= 4 is 34.2 Å². The maximum absolute atomic E-state index is 12.6. The van der Waals surface area contributed by atoms with Crippen molar-refractivity contribution in [3.8, 4) is 0 Å². The van der Waals surface area contributed by atoms with Gasteiger partial charge in [0.2, 0.25) is 0 Å². The molecule has 26 heavy (non-hydrogen) atoms. The van der Waals surface area contributed by atoms with E-state index in [1.54, 1.807) is 6.07 Å². The van der Waals surface area contributed by atoms with E-state index in [1.807, 2.05) is 49.4 Å². The van der Waals surface area contributed by atoms with E-state index in [0.29, 0.717) is 5.56 Å². The van der Waals surface area contributed by atoms with E-state index < -0.39 is 5.97 Å². The smallest absolute Gasteiger partial charge is 0.339 e. The van der Waals surface area contributed by atoms with Crippen LogP contribution in [0.1, 0.15) is 39.2 Å². The predicted octanol–water partition coefficient (Wildman–Crippen LogP) is 4.77. The number of fused-ring (bicyclic) bond motifs is 1. The number of esters is 1. The minimum Gasteiger partial charge on any atom is -0.465 e. The number of halogens is 1. The number of nitrogens with one attached hydrogen (secondary N) is 1. The second-order valence-electron chi connectivity index (χ2n) is 5.95. The van der Waals surface area contributed by atoms with Gasteiger partial charge in [0.25, 0.3) is 5.91 Å². The summed E-state index contributed by atoms with van der Waals surface area (Å²) in [6.45, 7) is 1.93. The van der Waals surface area contributed by atoms with Crippen LogP contribution in [-0.2, 0) is 4.74 Å². The lowest BCUT2D eigenvalue weighted by Gasteiger charge is -2.17. The van der Waals surface area contributed by atoms with Gasteiger partial charge in [0, 0.05) is 5.56 Å². The van der Waals surface area contributed by atoms with Gasteiger partial charge in [-0.3, -0.25) is 4.79 Å². The van der Waals surface area contributed by atoms with Gasteiger partial charge < -0.3 is 10.1 Å². The molecule has 0 aliphatic heterocycles. The first-order chi connectivity index (χ1) is 12.5. The van der Waals surface area contributed by atoms with Crippen LogP contribution in [0.2, 0.25) is 5.02 Å². The third-order valence-electron chi connectivity index (χ3n) is 4.27. The van der Waals surface area contributed by atoms with Gasteiger partial charge in [-0.1, -0.05) is 54.1 Å². The van der Waals surface area contributed by atoms with Crippen molar-refractivity contribution in [2.24, 2.45) is 0 Å². The van der Waals surface area contributed by atoms with Crippen LogP contribution in [0.15, 0.2) is 60.7 Å². The first-order valence-electron chi connectivity index (χ1n) is 8.17. The Morgan fingerprint density at radius 3 is 2.50 bits per heavy atom. The summed E-state index contributed by atoms with van der Waals surface area (Å²) in [5.74, 6) is -0.796. The highest BCUT2D eigenvalue weighted by atomic mass is 35.5. The first kappa shape index (κ1) is 18.0. The standard InChI is InChI=1S/C21H18ClNO3/c1-13(16-9-5-7-14-6-3-4-8-17(14)16)23-20(24)15-10-11-18(19(22)12-15)21(25)26-2/h3-13H,1-2H3,(H,23,24). The average Bonchev–Trinajstić information content (AvgIpc) is 2.66. The molecule has 0 aromatic heterocycles. The van der Waals surface area contributed by atoms with E-state index in [9.17, 15) is 9.59 Å². The molecule has 1 atom stereocenters. The van der Waals surface area contributed by atoms with Gasteiger partial charge in [-0.25, -0.2) is 4.79 Å². The lowest BCUT2D eigenvalue weighted by molar-refractivity contribution is 0.0600. The van der Waals surface area contributed by atoms with Crippen LogP contribution < -0.4 is 5.32 Å². The number of benzene rings is 3. The van der Waals surface area contributed by atoms with Crippen molar-refractivity contribution in [2.45, 2.75) is 13.0 Å². The number of hydrogen-bond donors (Lipinski definition) is 1. The Morgan fingerprint density at radius 1 is 1.04 bits per heavy atom. The number of rotatable bonds is 4. The van der Waals surface area contributed by atoms with Gasteiger partial charge in [0.15, 0.2) is 0 Å². The maximum Gasteiger partial charge on any atom is 0.339 e. The van der Waals surface area contributed by atoms with Crippen molar-refractivity contribution < 1.29 is 14.3 Å². The molecule has 5 heteroatoms. The number of ether oxygens (including phenoxy) is 1. The number of hydrogen-bond acceptors (Lipinski definition) is 3. The fourth-order valence-corrected chi connectivity index (χ4v) is 3.18. The van der Waals surface area contributed by atoms with Gasteiger partial charge >= 0.3 is 5.97 Å². The minimum atomic E-state index is -0.536. The summed E-state index contributed by atoms with van der Waals surface area (Å²) in [5, 5.41) is 5.38. The Bertz CT molecular complexity index is 979. The molecule has 0 aliphatic rings. The van der Waals surface area contributed by atoms with Crippen molar-refractivity contribution in [1.29, 1.82) is 0 Å². The van der Waals surface area contributed by atoms with Gasteiger partial charge in [-0.05, 0) is 41.5 Å². The summed E-state index contributed by atoms with van der Waals surface area (Å²) in [5.41, 5.74) is 1.65. The SMILES string of the molecule is COC(=O)c1ccc(C(=O)NC(C)c2cccc3ccccc23)cc1Cl. The van der Waals surface area contributed by atoms with E-state index in [2.05, 4.69) is 10.1 Å². The predicted molar refractivity (Wildman–Crippen MR) is 103 cm³/mol. The topological polar surface area (TPSA) is 55.4 Å². The molecule has 1 unspecified atom stereocenters. The molecule has 3 aromatic carbocycles. The van der Waals surface area contributed by atoms with Gasteiger partial charge in [0.1, 0.15) is 0 Å². The molecule has 132 valence electrons. The summed E-state index contributed by atoms with van der Waals surface area (Å²) >= 11 is 6.10. The summed E-state index contributed by atoms with van der Waals surface area (Å²) in [7, 11) is 1.28. The van der Waals surface area contributed by atoms with Gasteiger partial charge in [-0.2, -0.15) is 0 Å². The highest BCUT2D eigenvalue weighted by Gasteiger charge is 2.16. The molecular weight excluding hydrogens is 350 g/mol. The van der Waals surface area contributed by atoms with Crippen LogP contribution in [0.5, 0.6) is 0 Å². The summed E-state index contributed by atoms with van der Waals surface area (Å²) in [6, 6.07) is 18.4. The lowest BCUT2D eigenvalue weighted by atomic mass is 9.99. The Hall–Kier alpha value is -2.85. The molecule has 0 saturated carbocycles. The quantitative estimate of drug-likeness (QED) is 0.676. The zero-order valence-corrected chi connectivity index (χ0v) is 15.2. The van der Waals surface area contributed by atoms with Crippen LogP contribution in [0.4, 0.5) is 0 Å². The fourth-order valence-electron chi connectivity index (χ4n) is 2.92. The highest BCUT2D eigenvalue weighted by molar-refractivity contribution is 6.34. The second-order valence-corrected chi connectivity index (χ2v) is 6.36. The van der Waals surface area contributed by atoms with Gasteiger partial charge in [-0.15, -0.1) is 0 Å². The number of carbonyl (C=O) groups excluding carboxylic acids is 2. The third-order valence-corrected chi connectivity index (χ3v) is 4.59. The first-order valence-corrected chi connectivity index (χ1v) is 8.55. The summed E-state index contributed by atoms with van der Waals surface area (Å²) in [4.78, 5) is 24.2. The zero-order chi connectivity index (χ0) is 18.7. The lowest BCUT2D eigenvalue weighted by Crippen LogP contribution is -2.26. The van der Waals surface area contributed by atoms with Gasteiger partial charge in [0.05, 0.1) is 23.7 Å². The summed E-state index contributed by atoms with van der Waals surface area (Å²) in [6.07, 6.45) is 0. The summed E-state index contributed by atoms with van der Waals surface area (Å²) < 4.78 is 4.66. The van der Waals surface area contributed by atoms with Crippen LogP contribution in [0.3, 0.4) is 0 Å². The largest absolute Gasteiger partial charge is 0.465 e. The molecule has 0 fully saturated rings.